The lowest BCUT2D eigenvalue weighted by atomic mass is 9.82. The van der Waals surface area contributed by atoms with Crippen molar-refractivity contribution >= 4 is 6.34 Å². The van der Waals surface area contributed by atoms with Gasteiger partial charge in [0, 0.05) is 0 Å². The first-order valence-electron chi connectivity index (χ1n) is 4.75. The predicted molar refractivity (Wildman–Crippen MR) is 55.9 cm³/mol. The van der Waals surface area contributed by atoms with Crippen LogP contribution >= 0.6 is 0 Å². The SMILES string of the molecule is CC(C)(C)C1=CC2NC=NC2C=C1. The fraction of sp³-hybridized carbons (Fsp3) is 0.545. The van der Waals surface area contributed by atoms with Crippen LogP contribution in [0.1, 0.15) is 20.8 Å². The normalized spacial score (nSPS) is 31.2. The summed E-state index contributed by atoms with van der Waals surface area (Å²) in [7, 11) is 0. The maximum atomic E-state index is 4.31. The van der Waals surface area contributed by atoms with Gasteiger partial charge < -0.3 is 5.32 Å². The fourth-order valence-corrected chi connectivity index (χ4v) is 1.67. The van der Waals surface area contributed by atoms with Crippen LogP contribution in [-0.4, -0.2) is 18.4 Å². The predicted octanol–water partition coefficient (Wildman–Crippen LogP) is 1.90. The summed E-state index contributed by atoms with van der Waals surface area (Å²) in [6, 6.07) is 0.713. The minimum Gasteiger partial charge on any atom is -0.368 e. The van der Waals surface area contributed by atoms with Crippen molar-refractivity contribution < 1.29 is 0 Å². The second kappa shape index (κ2) is 2.72. The van der Waals surface area contributed by atoms with Crippen molar-refractivity contribution in [1.82, 2.24) is 5.32 Å². The van der Waals surface area contributed by atoms with Gasteiger partial charge in [-0.1, -0.05) is 39.0 Å². The fourth-order valence-electron chi connectivity index (χ4n) is 1.67. The van der Waals surface area contributed by atoms with E-state index in [2.05, 4.69) is 49.3 Å². The molecule has 2 nitrogen and oxygen atoms in total. The smallest absolute Gasteiger partial charge is 0.0937 e. The standard InChI is InChI=1S/C11H16N2/c1-11(2,3)8-4-5-9-10(6-8)13-7-12-9/h4-7,9-10H,1-3H3,(H,12,13). The molecule has 0 fully saturated rings. The van der Waals surface area contributed by atoms with Crippen LogP contribution in [0.2, 0.25) is 0 Å². The molecule has 0 aromatic rings. The molecule has 2 atom stereocenters. The molecule has 2 aliphatic rings. The monoisotopic (exact) mass is 176 g/mol. The highest BCUT2D eigenvalue weighted by Crippen LogP contribution is 2.30. The largest absolute Gasteiger partial charge is 0.368 e. The zero-order chi connectivity index (χ0) is 9.47. The van der Waals surface area contributed by atoms with Crippen LogP contribution in [0.15, 0.2) is 28.8 Å². The van der Waals surface area contributed by atoms with E-state index in [0.717, 1.165) is 0 Å². The molecule has 2 rings (SSSR count). The Morgan fingerprint density at radius 2 is 2.15 bits per heavy atom. The van der Waals surface area contributed by atoms with Crippen LogP contribution in [0.25, 0.3) is 0 Å². The number of nitrogens with zero attached hydrogens (tertiary/aromatic N) is 1. The highest BCUT2D eigenvalue weighted by molar-refractivity contribution is 5.61. The Kier molecular flexibility index (Phi) is 1.79. The second-order valence-corrected chi connectivity index (χ2v) is 4.69. The number of aliphatic imine (C=N–C) groups is 1. The van der Waals surface area contributed by atoms with E-state index in [4.69, 9.17) is 0 Å². The summed E-state index contributed by atoms with van der Waals surface area (Å²) in [5.74, 6) is 0. The zero-order valence-corrected chi connectivity index (χ0v) is 8.41. The first-order chi connectivity index (χ1) is 6.07. The van der Waals surface area contributed by atoms with E-state index in [9.17, 15) is 0 Å². The van der Waals surface area contributed by atoms with Gasteiger partial charge >= 0.3 is 0 Å². The van der Waals surface area contributed by atoms with Crippen molar-refractivity contribution in [3.8, 4) is 0 Å². The lowest BCUT2D eigenvalue weighted by Gasteiger charge is -2.26. The molecule has 2 heteroatoms. The summed E-state index contributed by atoms with van der Waals surface area (Å²) in [5.41, 5.74) is 1.64. The van der Waals surface area contributed by atoms with Gasteiger partial charge in [0.15, 0.2) is 0 Å². The molecule has 1 heterocycles. The van der Waals surface area contributed by atoms with E-state index in [0.29, 0.717) is 12.1 Å². The van der Waals surface area contributed by atoms with Gasteiger partial charge in [-0.05, 0) is 11.0 Å². The Labute approximate surface area is 79.4 Å². The van der Waals surface area contributed by atoms with Gasteiger partial charge in [0.2, 0.25) is 0 Å². The number of rotatable bonds is 0. The highest BCUT2D eigenvalue weighted by atomic mass is 15.1. The van der Waals surface area contributed by atoms with Crippen LogP contribution in [0.4, 0.5) is 0 Å². The molecule has 13 heavy (non-hydrogen) atoms. The number of allylic oxidation sites excluding steroid dienone is 2. The molecule has 0 saturated carbocycles. The number of hydrogen-bond acceptors (Lipinski definition) is 2. The van der Waals surface area contributed by atoms with Crippen LogP contribution in [0.3, 0.4) is 0 Å². The average molecular weight is 176 g/mol. The van der Waals surface area contributed by atoms with Crippen LogP contribution in [0.5, 0.6) is 0 Å². The summed E-state index contributed by atoms with van der Waals surface area (Å²) >= 11 is 0. The molecule has 70 valence electrons. The number of fused-ring (bicyclic) bond motifs is 1. The third-order valence-corrected chi connectivity index (χ3v) is 2.58. The first-order valence-corrected chi connectivity index (χ1v) is 4.75. The lowest BCUT2D eigenvalue weighted by Crippen LogP contribution is -2.31. The Morgan fingerprint density at radius 1 is 1.38 bits per heavy atom. The van der Waals surface area contributed by atoms with Crippen molar-refractivity contribution in [2.24, 2.45) is 10.4 Å². The molecule has 0 aromatic heterocycles. The molecule has 0 bridgehead atoms. The van der Waals surface area contributed by atoms with Gasteiger partial charge in [0.25, 0.3) is 0 Å². The number of nitrogens with one attached hydrogen (secondary N) is 1. The van der Waals surface area contributed by atoms with Crippen molar-refractivity contribution in [2.75, 3.05) is 0 Å². The Balaban J connectivity index is 2.22. The Morgan fingerprint density at radius 3 is 2.85 bits per heavy atom. The van der Waals surface area contributed by atoms with Gasteiger partial charge in [0.05, 0.1) is 18.4 Å². The highest BCUT2D eigenvalue weighted by Gasteiger charge is 2.26. The third kappa shape index (κ3) is 1.53. The second-order valence-electron chi connectivity index (χ2n) is 4.69. The maximum absolute atomic E-state index is 4.31. The molecule has 2 unspecified atom stereocenters. The molecular formula is C11H16N2. The molecule has 0 aromatic carbocycles. The van der Waals surface area contributed by atoms with E-state index < -0.39 is 0 Å². The summed E-state index contributed by atoms with van der Waals surface area (Å²) < 4.78 is 0. The molecule has 0 amide bonds. The van der Waals surface area contributed by atoms with Crippen molar-refractivity contribution in [2.45, 2.75) is 32.9 Å². The summed E-state index contributed by atoms with van der Waals surface area (Å²) in [6.07, 6.45) is 8.48. The van der Waals surface area contributed by atoms with E-state index in [1.54, 1.807) is 0 Å². The van der Waals surface area contributed by atoms with E-state index in [1.807, 2.05) is 6.34 Å². The molecule has 0 spiro atoms. The minimum absolute atomic E-state index is 0.242. The first kappa shape index (κ1) is 8.54. The van der Waals surface area contributed by atoms with Crippen molar-refractivity contribution in [3.63, 3.8) is 0 Å². The summed E-state index contributed by atoms with van der Waals surface area (Å²) in [5, 5.41) is 3.24. The van der Waals surface area contributed by atoms with E-state index >= 15 is 0 Å². The Hall–Kier alpha value is -1.05. The van der Waals surface area contributed by atoms with Gasteiger partial charge in [-0.2, -0.15) is 0 Å². The topological polar surface area (TPSA) is 24.4 Å². The lowest BCUT2D eigenvalue weighted by molar-refractivity contribution is 0.504. The van der Waals surface area contributed by atoms with Gasteiger partial charge in [-0.3, -0.25) is 4.99 Å². The Bertz CT molecular complexity index is 292. The average Bonchev–Trinajstić information content (AvgIpc) is 2.47. The van der Waals surface area contributed by atoms with Gasteiger partial charge in [0.1, 0.15) is 0 Å². The molecule has 1 N–H and O–H groups in total. The van der Waals surface area contributed by atoms with Crippen LogP contribution in [0, 0.1) is 5.41 Å². The zero-order valence-electron chi connectivity index (χ0n) is 8.41. The molecule has 0 radical (unpaired) electrons. The van der Waals surface area contributed by atoms with Crippen LogP contribution < -0.4 is 5.32 Å². The van der Waals surface area contributed by atoms with Gasteiger partial charge in [-0.15, -0.1) is 0 Å². The molecule has 1 aliphatic heterocycles. The molecule has 0 saturated heterocycles. The molecular weight excluding hydrogens is 160 g/mol. The quantitative estimate of drug-likeness (QED) is 0.599. The van der Waals surface area contributed by atoms with E-state index in [-0.39, 0.29) is 5.41 Å². The van der Waals surface area contributed by atoms with E-state index in [1.165, 1.54) is 5.57 Å². The van der Waals surface area contributed by atoms with Crippen molar-refractivity contribution in [1.29, 1.82) is 0 Å². The maximum Gasteiger partial charge on any atom is 0.0937 e. The third-order valence-electron chi connectivity index (χ3n) is 2.58. The summed E-state index contributed by atoms with van der Waals surface area (Å²) in [6.45, 7) is 6.71. The van der Waals surface area contributed by atoms with Crippen molar-refractivity contribution in [3.05, 3.63) is 23.8 Å². The van der Waals surface area contributed by atoms with Crippen LogP contribution in [-0.2, 0) is 0 Å². The number of hydrogen-bond donors (Lipinski definition) is 1. The summed E-state index contributed by atoms with van der Waals surface area (Å²) in [4.78, 5) is 4.31. The van der Waals surface area contributed by atoms with Gasteiger partial charge in [-0.25, -0.2) is 0 Å². The minimum atomic E-state index is 0.242. The molecule has 1 aliphatic carbocycles.